The molecule has 1 aliphatic heterocycles. The van der Waals surface area contributed by atoms with E-state index in [4.69, 9.17) is 9.72 Å². The monoisotopic (exact) mass is 524 g/mol. The molecule has 5 heterocycles. The fourth-order valence-electron chi connectivity index (χ4n) is 5.41. The van der Waals surface area contributed by atoms with Gasteiger partial charge in [-0.25, -0.2) is 9.78 Å². The molecular formula is C30H32N6O3. The van der Waals surface area contributed by atoms with Gasteiger partial charge in [0.25, 0.3) is 0 Å². The topological polar surface area (TPSA) is 98.3 Å². The maximum Gasteiger partial charge on any atom is 0.333 e. The molecule has 1 aromatic carbocycles. The van der Waals surface area contributed by atoms with E-state index < -0.39 is 5.60 Å². The molecule has 0 bridgehead atoms. The van der Waals surface area contributed by atoms with Crippen molar-refractivity contribution in [1.29, 1.82) is 0 Å². The second-order valence-corrected chi connectivity index (χ2v) is 10.8. The lowest BCUT2D eigenvalue weighted by molar-refractivity contribution is 0.0783. The minimum atomic E-state index is -1.01. The molecule has 0 aliphatic carbocycles. The SMILES string of the molecule is COC1CCN(c2ccc(-n3c(=O)n(C)c4cnc5ccc(-c6cncc(C(C)(C)O)c6)cc5c43)c(C)n2)C1. The molecule has 1 atom stereocenters. The van der Waals surface area contributed by atoms with Crippen molar-refractivity contribution < 1.29 is 9.84 Å². The third-order valence-corrected chi connectivity index (χ3v) is 7.75. The Kier molecular flexibility index (Phi) is 6.00. The summed E-state index contributed by atoms with van der Waals surface area (Å²) in [7, 11) is 3.51. The molecule has 1 saturated heterocycles. The summed E-state index contributed by atoms with van der Waals surface area (Å²) in [6.07, 6.45) is 6.38. The fourth-order valence-corrected chi connectivity index (χ4v) is 5.41. The summed E-state index contributed by atoms with van der Waals surface area (Å²) >= 11 is 0. The molecule has 0 saturated carbocycles. The predicted octanol–water partition coefficient (Wildman–Crippen LogP) is 4.10. The molecule has 0 radical (unpaired) electrons. The van der Waals surface area contributed by atoms with Gasteiger partial charge >= 0.3 is 5.69 Å². The number of hydrogen-bond donors (Lipinski definition) is 1. The molecule has 39 heavy (non-hydrogen) atoms. The van der Waals surface area contributed by atoms with Gasteiger partial charge in [0.05, 0.1) is 45.8 Å². The smallest absolute Gasteiger partial charge is 0.333 e. The average molecular weight is 525 g/mol. The summed E-state index contributed by atoms with van der Waals surface area (Å²) in [5, 5.41) is 11.4. The van der Waals surface area contributed by atoms with Crippen molar-refractivity contribution in [2.45, 2.75) is 38.9 Å². The summed E-state index contributed by atoms with van der Waals surface area (Å²) in [4.78, 5) is 29.7. The predicted molar refractivity (Wildman–Crippen MR) is 152 cm³/mol. The Hall–Kier alpha value is -4.08. The number of aromatic nitrogens is 5. The van der Waals surface area contributed by atoms with Gasteiger partial charge in [-0.1, -0.05) is 6.07 Å². The van der Waals surface area contributed by atoms with E-state index in [1.54, 1.807) is 55.7 Å². The van der Waals surface area contributed by atoms with E-state index in [1.165, 1.54) is 0 Å². The van der Waals surface area contributed by atoms with Crippen molar-refractivity contribution in [2.24, 2.45) is 7.05 Å². The molecule has 1 N–H and O–H groups in total. The number of methoxy groups -OCH3 is 1. The number of nitrogens with zero attached hydrogens (tertiary/aromatic N) is 6. The normalized spacial score (nSPS) is 16.1. The van der Waals surface area contributed by atoms with Crippen LogP contribution in [0.2, 0.25) is 0 Å². The number of benzene rings is 1. The van der Waals surface area contributed by atoms with Crippen LogP contribution in [0.25, 0.3) is 38.8 Å². The third kappa shape index (κ3) is 4.27. The van der Waals surface area contributed by atoms with Crippen molar-refractivity contribution in [2.75, 3.05) is 25.1 Å². The van der Waals surface area contributed by atoms with E-state index in [0.29, 0.717) is 0 Å². The Morgan fingerprint density at radius 2 is 1.90 bits per heavy atom. The van der Waals surface area contributed by atoms with E-state index in [1.807, 2.05) is 43.3 Å². The highest BCUT2D eigenvalue weighted by molar-refractivity contribution is 6.04. The minimum Gasteiger partial charge on any atom is -0.386 e. The zero-order chi connectivity index (χ0) is 27.5. The van der Waals surface area contributed by atoms with Crippen LogP contribution in [0.4, 0.5) is 5.82 Å². The van der Waals surface area contributed by atoms with Gasteiger partial charge < -0.3 is 14.7 Å². The summed E-state index contributed by atoms with van der Waals surface area (Å²) in [5.41, 5.74) is 5.15. The van der Waals surface area contributed by atoms with E-state index >= 15 is 0 Å². The van der Waals surface area contributed by atoms with Crippen molar-refractivity contribution in [3.8, 4) is 16.8 Å². The lowest BCUT2D eigenvalue weighted by atomic mass is 9.96. The number of pyridine rings is 3. The van der Waals surface area contributed by atoms with E-state index in [9.17, 15) is 9.90 Å². The van der Waals surface area contributed by atoms with Crippen LogP contribution in [-0.4, -0.2) is 55.5 Å². The number of aryl methyl sites for hydroxylation is 2. The Balaban J connectivity index is 1.52. The van der Waals surface area contributed by atoms with Crippen LogP contribution in [0.3, 0.4) is 0 Å². The van der Waals surface area contributed by atoms with Gasteiger partial charge in [0.1, 0.15) is 5.82 Å². The van der Waals surface area contributed by atoms with Gasteiger partial charge in [0.2, 0.25) is 0 Å². The molecular weight excluding hydrogens is 492 g/mol. The summed E-state index contributed by atoms with van der Waals surface area (Å²) in [5.74, 6) is 0.886. The maximum atomic E-state index is 13.6. The Morgan fingerprint density at radius 3 is 2.62 bits per heavy atom. The molecule has 200 valence electrons. The lowest BCUT2D eigenvalue weighted by Gasteiger charge is -2.19. The molecule has 5 aromatic rings. The van der Waals surface area contributed by atoms with Gasteiger partial charge in [-0.2, -0.15) is 0 Å². The largest absolute Gasteiger partial charge is 0.386 e. The fraction of sp³-hybridized carbons (Fsp3) is 0.333. The Labute approximate surface area is 226 Å². The zero-order valence-corrected chi connectivity index (χ0v) is 22.8. The van der Waals surface area contributed by atoms with Gasteiger partial charge in [0, 0.05) is 56.2 Å². The highest BCUT2D eigenvalue weighted by atomic mass is 16.5. The van der Waals surface area contributed by atoms with Crippen LogP contribution >= 0.6 is 0 Å². The standard InChI is InChI=1S/C30H32N6O3/c1-18-25(8-9-27(33-18)35-11-10-22(17-35)39-5)36-28-23-13-19(20-12-21(15-31-14-20)30(2,3)38)6-7-24(23)32-16-26(28)34(4)29(36)37/h6-9,12-16,22,38H,10-11,17H2,1-5H3. The number of ether oxygens (including phenoxy) is 1. The van der Waals surface area contributed by atoms with Gasteiger partial charge in [0.15, 0.2) is 0 Å². The van der Waals surface area contributed by atoms with Gasteiger partial charge in [-0.3, -0.25) is 19.1 Å². The highest BCUT2D eigenvalue weighted by Crippen LogP contribution is 2.32. The number of fused-ring (bicyclic) bond motifs is 3. The Morgan fingerprint density at radius 1 is 1.08 bits per heavy atom. The number of imidazole rings is 1. The van der Waals surface area contributed by atoms with Crippen LogP contribution in [0.1, 0.15) is 31.5 Å². The summed E-state index contributed by atoms with van der Waals surface area (Å²) in [6.45, 7) is 7.12. The first-order chi connectivity index (χ1) is 18.7. The molecule has 9 heteroatoms. The van der Waals surface area contributed by atoms with Crippen LogP contribution < -0.4 is 10.6 Å². The minimum absolute atomic E-state index is 0.159. The van der Waals surface area contributed by atoms with E-state index in [2.05, 4.69) is 14.9 Å². The van der Waals surface area contributed by atoms with Crippen molar-refractivity contribution in [3.63, 3.8) is 0 Å². The summed E-state index contributed by atoms with van der Waals surface area (Å²) in [6, 6.07) is 11.9. The molecule has 1 unspecified atom stereocenters. The molecule has 1 fully saturated rings. The van der Waals surface area contributed by atoms with Crippen LogP contribution in [0, 0.1) is 6.92 Å². The van der Waals surface area contributed by atoms with Gasteiger partial charge in [-0.15, -0.1) is 0 Å². The maximum absolute atomic E-state index is 13.6. The van der Waals surface area contributed by atoms with Crippen molar-refractivity contribution >= 4 is 27.8 Å². The first-order valence-corrected chi connectivity index (χ1v) is 13.1. The third-order valence-electron chi connectivity index (χ3n) is 7.75. The molecule has 0 spiro atoms. The molecule has 6 rings (SSSR count). The second-order valence-electron chi connectivity index (χ2n) is 10.8. The van der Waals surface area contributed by atoms with Gasteiger partial charge in [-0.05, 0) is 63.1 Å². The first-order valence-electron chi connectivity index (χ1n) is 13.1. The number of anilines is 1. The highest BCUT2D eigenvalue weighted by Gasteiger charge is 2.25. The molecule has 4 aromatic heterocycles. The number of hydrogen-bond acceptors (Lipinski definition) is 7. The number of rotatable bonds is 5. The molecule has 9 nitrogen and oxygen atoms in total. The van der Waals surface area contributed by atoms with Crippen LogP contribution in [0.15, 0.2) is 59.8 Å². The van der Waals surface area contributed by atoms with Crippen LogP contribution in [-0.2, 0) is 17.4 Å². The van der Waals surface area contributed by atoms with Crippen molar-refractivity contribution in [1.82, 2.24) is 24.1 Å². The van der Waals surface area contributed by atoms with E-state index in [-0.39, 0.29) is 11.8 Å². The zero-order valence-electron chi connectivity index (χ0n) is 22.8. The van der Waals surface area contributed by atoms with E-state index in [0.717, 1.165) is 75.3 Å². The first kappa shape index (κ1) is 25.2. The van der Waals surface area contributed by atoms with Crippen LogP contribution in [0.5, 0.6) is 0 Å². The Bertz CT molecular complexity index is 1780. The lowest BCUT2D eigenvalue weighted by Crippen LogP contribution is -2.24. The summed E-state index contributed by atoms with van der Waals surface area (Å²) < 4.78 is 8.88. The number of aliphatic hydroxyl groups is 1. The average Bonchev–Trinajstić information content (AvgIpc) is 3.51. The van der Waals surface area contributed by atoms with Crippen molar-refractivity contribution in [3.05, 3.63) is 76.7 Å². The quantitative estimate of drug-likeness (QED) is 0.370. The molecule has 1 aliphatic rings. The molecule has 0 amide bonds. The second kappa shape index (κ2) is 9.29.